The molecule has 0 spiro atoms. The number of primary amides is 1. The Morgan fingerprint density at radius 3 is 2.33 bits per heavy atom. The van der Waals surface area contributed by atoms with Gasteiger partial charge in [-0.3, -0.25) is 4.79 Å². The molecule has 0 aliphatic rings. The average Bonchev–Trinajstić information content (AvgIpc) is 2.77. The molecule has 1 aromatic carbocycles. The molecule has 3 N–H and O–H groups in total. The Bertz CT molecular complexity index is 688. The molecule has 94 valence electrons. The van der Waals surface area contributed by atoms with Gasteiger partial charge in [-0.1, -0.05) is 12.1 Å². The second kappa shape index (κ2) is 4.22. The van der Waals surface area contributed by atoms with Crippen LogP contribution in [0.2, 0.25) is 0 Å². The molecule has 1 aromatic heterocycles. The van der Waals surface area contributed by atoms with E-state index in [2.05, 4.69) is 15.4 Å². The number of nitrogens with one attached hydrogen (secondary N) is 1. The van der Waals surface area contributed by atoms with E-state index in [1.807, 2.05) is 0 Å². The topological polar surface area (TPSA) is 119 Å². The number of sulfone groups is 1. The number of benzene rings is 1. The number of nitrogens with two attached hydrogens (primary N) is 1. The highest BCUT2D eigenvalue weighted by atomic mass is 32.2. The van der Waals surface area contributed by atoms with E-state index in [0.717, 1.165) is 6.26 Å². The van der Waals surface area contributed by atoms with Gasteiger partial charge in [-0.15, -0.1) is 0 Å². The zero-order valence-electron chi connectivity index (χ0n) is 9.41. The lowest BCUT2D eigenvalue weighted by atomic mass is 10.1. The third kappa shape index (κ3) is 2.23. The van der Waals surface area contributed by atoms with Crippen molar-refractivity contribution in [2.24, 2.45) is 5.73 Å². The molecule has 2 rings (SSSR count). The average molecular weight is 266 g/mol. The fourth-order valence-corrected chi connectivity index (χ4v) is 2.09. The maximum absolute atomic E-state index is 11.3. The molecule has 0 radical (unpaired) electrons. The number of hydrogen-bond donors (Lipinski definition) is 2. The molecule has 0 atom stereocenters. The highest BCUT2D eigenvalue weighted by molar-refractivity contribution is 7.90. The van der Waals surface area contributed by atoms with E-state index in [0.29, 0.717) is 11.3 Å². The first-order chi connectivity index (χ1) is 8.39. The summed E-state index contributed by atoms with van der Waals surface area (Å²) in [6, 6.07) is 5.95. The zero-order chi connectivity index (χ0) is 13.3. The molecular formula is C10H10N4O3S. The Kier molecular flexibility index (Phi) is 2.87. The molecule has 0 unspecified atom stereocenters. The summed E-state index contributed by atoms with van der Waals surface area (Å²) >= 11 is 0. The standard InChI is InChI=1S/C10H10N4O3S/c1-18(16,17)7-4-2-6(3-5-7)8-9(10(11)15)13-14-12-8/h2-5H,1H3,(H2,11,15)(H,12,13,14). The lowest BCUT2D eigenvalue weighted by Gasteiger charge is -2.00. The minimum atomic E-state index is -3.25. The fourth-order valence-electron chi connectivity index (χ4n) is 1.46. The summed E-state index contributed by atoms with van der Waals surface area (Å²) in [6.45, 7) is 0. The van der Waals surface area contributed by atoms with Crippen molar-refractivity contribution in [1.29, 1.82) is 0 Å². The summed E-state index contributed by atoms with van der Waals surface area (Å²) in [5.41, 5.74) is 6.01. The minimum absolute atomic E-state index is 0.0158. The van der Waals surface area contributed by atoms with E-state index >= 15 is 0 Å². The van der Waals surface area contributed by atoms with Gasteiger partial charge in [0.15, 0.2) is 15.5 Å². The summed E-state index contributed by atoms with van der Waals surface area (Å²) in [4.78, 5) is 11.3. The first-order valence-corrected chi connectivity index (χ1v) is 6.80. The van der Waals surface area contributed by atoms with Crippen molar-refractivity contribution >= 4 is 15.7 Å². The van der Waals surface area contributed by atoms with E-state index in [-0.39, 0.29) is 10.6 Å². The predicted octanol–water partition coefficient (Wildman–Crippen LogP) is -0.0259. The van der Waals surface area contributed by atoms with Crippen LogP contribution in [0.3, 0.4) is 0 Å². The molecule has 0 fully saturated rings. The van der Waals surface area contributed by atoms with Crippen LogP contribution in [-0.2, 0) is 9.84 Å². The van der Waals surface area contributed by atoms with E-state index < -0.39 is 15.7 Å². The van der Waals surface area contributed by atoms with Crippen molar-refractivity contribution in [1.82, 2.24) is 15.4 Å². The second-order valence-corrected chi connectivity index (χ2v) is 5.70. The maximum atomic E-state index is 11.3. The van der Waals surface area contributed by atoms with E-state index in [1.54, 1.807) is 12.1 Å². The SMILES string of the molecule is CS(=O)(=O)c1ccc(-c2n[nH]nc2C(N)=O)cc1. The first kappa shape index (κ1) is 12.2. The van der Waals surface area contributed by atoms with Crippen molar-refractivity contribution < 1.29 is 13.2 Å². The Labute approximate surface area is 103 Å². The minimum Gasteiger partial charge on any atom is -0.364 e. The van der Waals surface area contributed by atoms with Crippen LogP contribution >= 0.6 is 0 Å². The molecule has 1 amide bonds. The van der Waals surface area contributed by atoms with E-state index in [9.17, 15) is 13.2 Å². The summed E-state index contributed by atoms with van der Waals surface area (Å²) in [6.07, 6.45) is 1.12. The van der Waals surface area contributed by atoms with Crippen molar-refractivity contribution in [3.05, 3.63) is 30.0 Å². The number of hydrogen-bond acceptors (Lipinski definition) is 5. The highest BCUT2D eigenvalue weighted by Gasteiger charge is 2.15. The number of H-pyrrole nitrogens is 1. The van der Waals surface area contributed by atoms with Gasteiger partial charge in [0.05, 0.1) is 4.90 Å². The molecule has 7 nitrogen and oxygen atoms in total. The Morgan fingerprint density at radius 1 is 1.22 bits per heavy atom. The van der Waals surface area contributed by atoms with Crippen LogP contribution in [0, 0.1) is 0 Å². The Morgan fingerprint density at radius 2 is 1.83 bits per heavy atom. The van der Waals surface area contributed by atoms with Crippen LogP contribution in [0.25, 0.3) is 11.3 Å². The summed E-state index contributed by atoms with van der Waals surface area (Å²) in [5, 5.41) is 9.75. The molecule has 0 saturated carbocycles. The monoisotopic (exact) mass is 266 g/mol. The number of nitrogens with zero attached hydrogens (tertiary/aromatic N) is 2. The Balaban J connectivity index is 2.47. The van der Waals surface area contributed by atoms with Crippen molar-refractivity contribution in [3.63, 3.8) is 0 Å². The quantitative estimate of drug-likeness (QED) is 0.808. The maximum Gasteiger partial charge on any atom is 0.271 e. The van der Waals surface area contributed by atoms with Gasteiger partial charge < -0.3 is 5.73 Å². The molecule has 8 heteroatoms. The molecule has 2 aromatic rings. The van der Waals surface area contributed by atoms with Crippen LogP contribution in [0.1, 0.15) is 10.5 Å². The van der Waals surface area contributed by atoms with Crippen molar-refractivity contribution in [3.8, 4) is 11.3 Å². The second-order valence-electron chi connectivity index (χ2n) is 3.68. The number of carbonyl (C=O) groups excluding carboxylic acids is 1. The third-order valence-corrected chi connectivity index (χ3v) is 3.47. The molecule has 0 aliphatic heterocycles. The van der Waals surface area contributed by atoms with Crippen LogP contribution in [0.15, 0.2) is 29.2 Å². The number of aromatic amines is 1. The van der Waals surface area contributed by atoms with Gasteiger partial charge in [-0.25, -0.2) is 8.42 Å². The molecule has 1 heterocycles. The van der Waals surface area contributed by atoms with Gasteiger partial charge in [-0.05, 0) is 12.1 Å². The molecule has 0 aliphatic carbocycles. The van der Waals surface area contributed by atoms with Crippen molar-refractivity contribution in [2.75, 3.05) is 6.26 Å². The highest BCUT2D eigenvalue weighted by Crippen LogP contribution is 2.21. The number of carbonyl (C=O) groups is 1. The normalized spacial score (nSPS) is 11.4. The van der Waals surface area contributed by atoms with Crippen molar-refractivity contribution in [2.45, 2.75) is 4.90 Å². The smallest absolute Gasteiger partial charge is 0.271 e. The zero-order valence-corrected chi connectivity index (χ0v) is 10.2. The number of aromatic nitrogens is 3. The third-order valence-electron chi connectivity index (χ3n) is 2.34. The van der Waals surface area contributed by atoms with E-state index in [4.69, 9.17) is 5.73 Å². The van der Waals surface area contributed by atoms with Crippen LogP contribution in [-0.4, -0.2) is 36.0 Å². The van der Waals surface area contributed by atoms with Gasteiger partial charge in [0.2, 0.25) is 0 Å². The number of amides is 1. The summed E-state index contributed by atoms with van der Waals surface area (Å²) in [7, 11) is -3.25. The molecule has 18 heavy (non-hydrogen) atoms. The number of rotatable bonds is 3. The lowest BCUT2D eigenvalue weighted by molar-refractivity contribution is 0.0996. The van der Waals surface area contributed by atoms with Gasteiger partial charge in [-0.2, -0.15) is 15.4 Å². The van der Waals surface area contributed by atoms with Crippen LogP contribution < -0.4 is 5.73 Å². The molecular weight excluding hydrogens is 256 g/mol. The summed E-state index contributed by atoms with van der Waals surface area (Å²) in [5.74, 6) is -0.703. The van der Waals surface area contributed by atoms with Crippen LogP contribution in [0.4, 0.5) is 0 Å². The van der Waals surface area contributed by atoms with Gasteiger partial charge in [0.25, 0.3) is 5.91 Å². The fraction of sp³-hybridized carbons (Fsp3) is 0.100. The molecule has 0 bridgehead atoms. The van der Waals surface area contributed by atoms with Gasteiger partial charge in [0.1, 0.15) is 5.69 Å². The Hall–Kier alpha value is -2.22. The van der Waals surface area contributed by atoms with Crippen LogP contribution in [0.5, 0.6) is 0 Å². The van der Waals surface area contributed by atoms with Gasteiger partial charge in [0, 0.05) is 11.8 Å². The molecule has 0 saturated heterocycles. The predicted molar refractivity (Wildman–Crippen MR) is 63.4 cm³/mol. The first-order valence-electron chi connectivity index (χ1n) is 4.90. The van der Waals surface area contributed by atoms with E-state index in [1.165, 1.54) is 12.1 Å². The lowest BCUT2D eigenvalue weighted by Crippen LogP contribution is -2.12. The largest absolute Gasteiger partial charge is 0.364 e. The summed E-state index contributed by atoms with van der Waals surface area (Å²) < 4.78 is 22.6. The van der Waals surface area contributed by atoms with Gasteiger partial charge >= 0.3 is 0 Å².